The smallest absolute Gasteiger partial charge is 0.321 e. The molecule has 0 saturated heterocycles. The second kappa shape index (κ2) is 8.16. The average molecular weight is 279 g/mol. The van der Waals surface area contributed by atoms with Gasteiger partial charge < -0.3 is 20.6 Å². The number of hydrogen-bond donors (Lipinski definition) is 3. The number of anilines is 2. The van der Waals surface area contributed by atoms with Gasteiger partial charge in [-0.3, -0.25) is 4.79 Å². The molecule has 0 aliphatic carbocycles. The molecule has 0 radical (unpaired) electrons. The van der Waals surface area contributed by atoms with Gasteiger partial charge in [-0.2, -0.15) is 0 Å². The van der Waals surface area contributed by atoms with Crippen molar-refractivity contribution in [1.29, 1.82) is 0 Å². The summed E-state index contributed by atoms with van der Waals surface area (Å²) in [5, 5.41) is 14.4. The summed E-state index contributed by atoms with van der Waals surface area (Å²) in [6.45, 7) is 4.20. The molecule has 1 aromatic carbocycles. The number of hydrogen-bond acceptors (Lipinski definition) is 3. The van der Waals surface area contributed by atoms with E-state index in [0.717, 1.165) is 6.42 Å². The number of aliphatic hydroxyl groups excluding tert-OH is 1. The predicted molar refractivity (Wildman–Crippen MR) is 78.7 cm³/mol. The van der Waals surface area contributed by atoms with Gasteiger partial charge in [0.1, 0.15) is 0 Å². The zero-order valence-corrected chi connectivity index (χ0v) is 11.8. The second-order valence-electron chi connectivity index (χ2n) is 4.40. The lowest BCUT2D eigenvalue weighted by Crippen LogP contribution is -2.37. The number of nitrogens with one attached hydrogen (secondary N) is 2. The molecule has 0 aliphatic rings. The molecule has 0 heterocycles. The maximum atomic E-state index is 12.0. The van der Waals surface area contributed by atoms with Gasteiger partial charge in [-0.25, -0.2) is 4.79 Å². The van der Waals surface area contributed by atoms with Crippen LogP contribution in [0.1, 0.15) is 20.3 Å². The van der Waals surface area contributed by atoms with E-state index in [0.29, 0.717) is 24.5 Å². The Labute approximate surface area is 118 Å². The highest BCUT2D eigenvalue weighted by atomic mass is 16.3. The lowest BCUT2D eigenvalue weighted by atomic mass is 10.2. The normalized spacial score (nSPS) is 9.95. The van der Waals surface area contributed by atoms with E-state index in [-0.39, 0.29) is 18.5 Å². The molecule has 20 heavy (non-hydrogen) atoms. The van der Waals surface area contributed by atoms with Crippen LogP contribution in [0.25, 0.3) is 0 Å². The van der Waals surface area contributed by atoms with Crippen LogP contribution in [0.5, 0.6) is 0 Å². The summed E-state index contributed by atoms with van der Waals surface area (Å²) < 4.78 is 0. The van der Waals surface area contributed by atoms with Gasteiger partial charge in [0.15, 0.2) is 0 Å². The Morgan fingerprint density at radius 1 is 1.20 bits per heavy atom. The summed E-state index contributed by atoms with van der Waals surface area (Å²) in [4.78, 5) is 24.6. The van der Waals surface area contributed by atoms with Crippen molar-refractivity contribution in [2.24, 2.45) is 0 Å². The maximum Gasteiger partial charge on any atom is 0.321 e. The van der Waals surface area contributed by atoms with Gasteiger partial charge in [0, 0.05) is 31.4 Å². The maximum absolute atomic E-state index is 12.0. The number of urea groups is 1. The second-order valence-corrected chi connectivity index (χ2v) is 4.40. The molecule has 0 spiro atoms. The predicted octanol–water partition coefficient (Wildman–Crippen LogP) is 1.88. The Morgan fingerprint density at radius 2 is 1.85 bits per heavy atom. The standard InChI is InChI=1S/C14H21N3O3/c1-3-7-17(8-9-18)14(20)16-13-6-4-5-12(10-13)15-11(2)19/h4-6,10,18H,3,7-9H2,1-2H3,(H,15,19)(H,16,20). The molecule has 0 atom stereocenters. The Morgan fingerprint density at radius 3 is 2.40 bits per heavy atom. The van der Waals surface area contributed by atoms with Gasteiger partial charge in [0.05, 0.1) is 6.61 Å². The third-order valence-corrected chi connectivity index (χ3v) is 2.58. The van der Waals surface area contributed by atoms with Crippen LogP contribution in [0.4, 0.5) is 16.2 Å². The molecular weight excluding hydrogens is 258 g/mol. The van der Waals surface area contributed by atoms with Crippen molar-refractivity contribution < 1.29 is 14.7 Å². The van der Waals surface area contributed by atoms with Gasteiger partial charge in [0.2, 0.25) is 5.91 Å². The van der Waals surface area contributed by atoms with Crippen molar-refractivity contribution in [1.82, 2.24) is 4.90 Å². The first-order valence-electron chi connectivity index (χ1n) is 6.61. The fourth-order valence-electron chi connectivity index (χ4n) is 1.79. The van der Waals surface area contributed by atoms with E-state index in [1.165, 1.54) is 6.92 Å². The minimum Gasteiger partial charge on any atom is -0.395 e. The van der Waals surface area contributed by atoms with Crippen molar-refractivity contribution in [2.75, 3.05) is 30.3 Å². The quantitative estimate of drug-likeness (QED) is 0.743. The van der Waals surface area contributed by atoms with Crippen LogP contribution in [-0.4, -0.2) is 41.6 Å². The zero-order chi connectivity index (χ0) is 15.0. The number of aliphatic hydroxyl groups is 1. The first kappa shape index (κ1) is 16.0. The van der Waals surface area contributed by atoms with E-state index in [4.69, 9.17) is 5.11 Å². The largest absolute Gasteiger partial charge is 0.395 e. The zero-order valence-electron chi connectivity index (χ0n) is 11.8. The van der Waals surface area contributed by atoms with Gasteiger partial charge in [-0.05, 0) is 24.6 Å². The monoisotopic (exact) mass is 279 g/mol. The first-order chi connectivity index (χ1) is 9.56. The topological polar surface area (TPSA) is 81.7 Å². The highest BCUT2D eigenvalue weighted by Crippen LogP contribution is 2.15. The van der Waals surface area contributed by atoms with Crippen molar-refractivity contribution in [2.45, 2.75) is 20.3 Å². The molecule has 0 saturated carbocycles. The number of nitrogens with zero attached hydrogens (tertiary/aromatic N) is 1. The SMILES string of the molecule is CCCN(CCO)C(=O)Nc1cccc(NC(C)=O)c1. The summed E-state index contributed by atoms with van der Waals surface area (Å²) in [5.74, 6) is -0.165. The lowest BCUT2D eigenvalue weighted by molar-refractivity contribution is -0.114. The molecule has 0 aliphatic heterocycles. The minimum atomic E-state index is -0.263. The third kappa shape index (κ3) is 5.27. The van der Waals surface area contributed by atoms with Crippen LogP contribution in [0.3, 0.4) is 0 Å². The number of carbonyl (C=O) groups is 2. The summed E-state index contributed by atoms with van der Waals surface area (Å²) in [6.07, 6.45) is 0.819. The molecule has 6 heteroatoms. The molecule has 0 fully saturated rings. The highest BCUT2D eigenvalue weighted by Gasteiger charge is 2.12. The van der Waals surface area contributed by atoms with E-state index in [1.807, 2.05) is 6.92 Å². The van der Waals surface area contributed by atoms with E-state index in [1.54, 1.807) is 29.2 Å². The van der Waals surface area contributed by atoms with Crippen LogP contribution < -0.4 is 10.6 Å². The molecule has 1 rings (SSSR count). The molecule has 110 valence electrons. The van der Waals surface area contributed by atoms with Gasteiger partial charge in [-0.1, -0.05) is 13.0 Å². The number of benzene rings is 1. The molecule has 0 unspecified atom stereocenters. The molecule has 1 aromatic rings. The summed E-state index contributed by atoms with van der Waals surface area (Å²) in [5.41, 5.74) is 1.22. The minimum absolute atomic E-state index is 0.0701. The molecular formula is C14H21N3O3. The Kier molecular flexibility index (Phi) is 6.52. The number of amides is 3. The van der Waals surface area contributed by atoms with Gasteiger partial charge in [-0.15, -0.1) is 0 Å². The average Bonchev–Trinajstić information content (AvgIpc) is 2.38. The van der Waals surface area contributed by atoms with Crippen LogP contribution in [0.15, 0.2) is 24.3 Å². The molecule has 3 amide bonds. The van der Waals surface area contributed by atoms with Crippen LogP contribution in [-0.2, 0) is 4.79 Å². The Bertz CT molecular complexity index is 457. The first-order valence-corrected chi connectivity index (χ1v) is 6.61. The Hall–Kier alpha value is -2.08. The van der Waals surface area contributed by atoms with Crippen LogP contribution >= 0.6 is 0 Å². The molecule has 0 bridgehead atoms. The van der Waals surface area contributed by atoms with E-state index >= 15 is 0 Å². The van der Waals surface area contributed by atoms with Crippen molar-refractivity contribution in [3.8, 4) is 0 Å². The third-order valence-electron chi connectivity index (χ3n) is 2.58. The van der Waals surface area contributed by atoms with E-state index < -0.39 is 0 Å². The van der Waals surface area contributed by atoms with E-state index in [2.05, 4.69) is 10.6 Å². The van der Waals surface area contributed by atoms with Crippen LogP contribution in [0, 0.1) is 0 Å². The molecule has 3 N–H and O–H groups in total. The van der Waals surface area contributed by atoms with Crippen molar-refractivity contribution in [3.63, 3.8) is 0 Å². The van der Waals surface area contributed by atoms with E-state index in [9.17, 15) is 9.59 Å². The lowest BCUT2D eigenvalue weighted by Gasteiger charge is -2.21. The summed E-state index contributed by atoms with van der Waals surface area (Å²) in [7, 11) is 0. The van der Waals surface area contributed by atoms with Gasteiger partial charge in [0.25, 0.3) is 0 Å². The highest BCUT2D eigenvalue weighted by molar-refractivity contribution is 5.92. The summed E-state index contributed by atoms with van der Waals surface area (Å²) >= 11 is 0. The molecule has 0 aromatic heterocycles. The van der Waals surface area contributed by atoms with Crippen molar-refractivity contribution in [3.05, 3.63) is 24.3 Å². The van der Waals surface area contributed by atoms with Crippen molar-refractivity contribution >= 4 is 23.3 Å². The van der Waals surface area contributed by atoms with Gasteiger partial charge >= 0.3 is 6.03 Å². The fraction of sp³-hybridized carbons (Fsp3) is 0.429. The molecule has 6 nitrogen and oxygen atoms in total. The summed E-state index contributed by atoms with van der Waals surface area (Å²) in [6, 6.07) is 6.65. The number of rotatable bonds is 6. The number of carbonyl (C=O) groups excluding carboxylic acids is 2. The Balaban J connectivity index is 2.70. The fourth-order valence-corrected chi connectivity index (χ4v) is 1.79. The van der Waals surface area contributed by atoms with Crippen LogP contribution in [0.2, 0.25) is 0 Å².